The maximum Gasteiger partial charge on any atom is 0.215 e. The number of nitrogens with zero attached hydrogens (tertiary/aromatic N) is 2. The van der Waals surface area contributed by atoms with Crippen LogP contribution in [-0.2, 0) is 6.54 Å². The Morgan fingerprint density at radius 3 is 3.05 bits per heavy atom. The summed E-state index contributed by atoms with van der Waals surface area (Å²) >= 11 is 0. The lowest BCUT2D eigenvalue weighted by atomic mass is 9.77. The summed E-state index contributed by atoms with van der Waals surface area (Å²) in [5.74, 6) is 1.62. The molecule has 0 bridgehead atoms. The first kappa shape index (κ1) is 13.8. The molecule has 3 rings (SSSR count). The quantitative estimate of drug-likeness (QED) is 0.860. The number of fused-ring (bicyclic) bond motifs is 1. The molecule has 1 aliphatic heterocycles. The van der Waals surface area contributed by atoms with Gasteiger partial charge in [0.1, 0.15) is 0 Å². The van der Waals surface area contributed by atoms with Crippen LogP contribution in [0.15, 0.2) is 12.4 Å². The number of aryl methyl sites for hydroxylation is 1. The number of piperidine rings is 1. The van der Waals surface area contributed by atoms with Gasteiger partial charge in [-0.25, -0.2) is 4.98 Å². The maximum absolute atomic E-state index is 12.7. The van der Waals surface area contributed by atoms with E-state index < -0.39 is 0 Å². The molecule has 2 aliphatic rings. The summed E-state index contributed by atoms with van der Waals surface area (Å²) in [6, 6.07) is 0.536. The van der Waals surface area contributed by atoms with Crippen LogP contribution in [0.1, 0.15) is 62.5 Å². The highest BCUT2D eigenvalue weighted by molar-refractivity contribution is 5.97. The van der Waals surface area contributed by atoms with Gasteiger partial charge in [-0.05, 0) is 38.0 Å². The van der Waals surface area contributed by atoms with Gasteiger partial charge in [-0.15, -0.1) is 0 Å². The van der Waals surface area contributed by atoms with Crippen LogP contribution in [0.25, 0.3) is 0 Å². The van der Waals surface area contributed by atoms with Gasteiger partial charge in [0, 0.05) is 25.0 Å². The van der Waals surface area contributed by atoms with E-state index in [2.05, 4.69) is 17.2 Å². The number of imidazole rings is 1. The minimum Gasteiger partial charge on any atom is -0.328 e. The van der Waals surface area contributed by atoms with E-state index in [1.54, 1.807) is 6.20 Å². The first-order chi connectivity index (χ1) is 9.79. The van der Waals surface area contributed by atoms with Gasteiger partial charge in [-0.3, -0.25) is 4.79 Å². The molecule has 1 aromatic rings. The molecule has 4 nitrogen and oxygen atoms in total. The molecule has 0 aromatic carbocycles. The Hall–Kier alpha value is -1.16. The van der Waals surface area contributed by atoms with Gasteiger partial charge in [0.05, 0.1) is 6.04 Å². The fourth-order valence-electron chi connectivity index (χ4n) is 3.81. The summed E-state index contributed by atoms with van der Waals surface area (Å²) in [5, 5.41) is 3.61. The van der Waals surface area contributed by atoms with Crippen molar-refractivity contribution < 1.29 is 4.79 Å². The van der Waals surface area contributed by atoms with E-state index in [4.69, 9.17) is 0 Å². The van der Waals surface area contributed by atoms with Gasteiger partial charge in [0.15, 0.2) is 5.82 Å². The Balaban J connectivity index is 1.69. The van der Waals surface area contributed by atoms with Crippen molar-refractivity contribution in [1.82, 2.24) is 14.9 Å². The van der Waals surface area contributed by atoms with E-state index in [0.717, 1.165) is 25.3 Å². The molecule has 1 saturated carbocycles. The molecule has 3 unspecified atom stereocenters. The second-order valence-corrected chi connectivity index (χ2v) is 6.26. The predicted octanol–water partition coefficient (Wildman–Crippen LogP) is 2.79. The molecular weight excluding hydrogens is 250 g/mol. The van der Waals surface area contributed by atoms with Crippen molar-refractivity contribution in [2.24, 2.45) is 5.92 Å². The summed E-state index contributed by atoms with van der Waals surface area (Å²) < 4.78 is 2.00. The zero-order valence-electron chi connectivity index (χ0n) is 12.3. The minimum atomic E-state index is -0.0210. The Kier molecular flexibility index (Phi) is 4.20. The summed E-state index contributed by atoms with van der Waals surface area (Å²) in [5.41, 5.74) is 0. The van der Waals surface area contributed by atoms with Crippen LogP contribution in [-0.4, -0.2) is 27.4 Å². The largest absolute Gasteiger partial charge is 0.328 e. The molecule has 3 atom stereocenters. The van der Waals surface area contributed by atoms with Crippen molar-refractivity contribution in [3.8, 4) is 0 Å². The van der Waals surface area contributed by atoms with Gasteiger partial charge in [-0.2, -0.15) is 0 Å². The number of nitrogens with one attached hydrogen (secondary N) is 1. The van der Waals surface area contributed by atoms with Crippen LogP contribution < -0.4 is 5.32 Å². The molecule has 0 radical (unpaired) electrons. The summed E-state index contributed by atoms with van der Waals surface area (Å²) in [6.45, 7) is 3.00. The van der Waals surface area contributed by atoms with E-state index in [0.29, 0.717) is 11.9 Å². The number of Topliss-reactive ketones (excluding diaryl/α,β-unsaturated/α-hetero) is 1. The first-order valence-electron chi connectivity index (χ1n) is 8.11. The van der Waals surface area contributed by atoms with Crippen LogP contribution in [0.2, 0.25) is 0 Å². The van der Waals surface area contributed by atoms with E-state index in [9.17, 15) is 4.79 Å². The van der Waals surface area contributed by atoms with Crippen molar-refractivity contribution in [1.29, 1.82) is 0 Å². The molecule has 0 spiro atoms. The van der Waals surface area contributed by atoms with Crippen LogP contribution in [0.4, 0.5) is 0 Å². The minimum absolute atomic E-state index is 0.0210. The molecule has 4 heteroatoms. The number of carbonyl (C=O) groups is 1. The Morgan fingerprint density at radius 1 is 1.35 bits per heavy atom. The number of hydrogen-bond acceptors (Lipinski definition) is 3. The van der Waals surface area contributed by atoms with Gasteiger partial charge in [0.25, 0.3) is 0 Å². The normalized spacial score (nSPS) is 29.9. The smallest absolute Gasteiger partial charge is 0.215 e. The summed E-state index contributed by atoms with van der Waals surface area (Å²) in [4.78, 5) is 17.0. The van der Waals surface area contributed by atoms with Crippen LogP contribution >= 0.6 is 0 Å². The Morgan fingerprint density at radius 2 is 2.20 bits per heavy atom. The molecule has 1 aromatic heterocycles. The highest BCUT2D eigenvalue weighted by atomic mass is 16.1. The van der Waals surface area contributed by atoms with Crippen molar-refractivity contribution in [2.75, 3.05) is 0 Å². The second-order valence-electron chi connectivity index (χ2n) is 6.26. The third-order valence-electron chi connectivity index (χ3n) is 4.87. The van der Waals surface area contributed by atoms with E-state index >= 15 is 0 Å². The van der Waals surface area contributed by atoms with Crippen molar-refractivity contribution in [3.63, 3.8) is 0 Å². The molecule has 2 fully saturated rings. The number of rotatable bonds is 4. The molecule has 1 saturated heterocycles. The zero-order chi connectivity index (χ0) is 13.9. The molecular formula is C16H25N3O. The standard InChI is InChI=1S/C16H25N3O/c1-2-10-19-11-9-17-16(19)15(20)14-8-7-12-5-3-4-6-13(12)18-14/h9,11-14,18H,2-8,10H2,1H3. The van der Waals surface area contributed by atoms with Crippen molar-refractivity contribution >= 4 is 5.78 Å². The first-order valence-corrected chi connectivity index (χ1v) is 8.11. The van der Waals surface area contributed by atoms with E-state index in [-0.39, 0.29) is 11.8 Å². The van der Waals surface area contributed by atoms with Crippen LogP contribution in [0, 0.1) is 5.92 Å². The van der Waals surface area contributed by atoms with Gasteiger partial charge >= 0.3 is 0 Å². The highest BCUT2D eigenvalue weighted by Gasteiger charge is 2.35. The van der Waals surface area contributed by atoms with Crippen molar-refractivity contribution in [2.45, 2.75) is 70.5 Å². The van der Waals surface area contributed by atoms with Gasteiger partial charge in [0.2, 0.25) is 5.78 Å². The third-order valence-corrected chi connectivity index (χ3v) is 4.87. The average molecular weight is 275 g/mol. The number of aromatic nitrogens is 2. The third kappa shape index (κ3) is 2.66. The summed E-state index contributed by atoms with van der Waals surface area (Å²) in [7, 11) is 0. The van der Waals surface area contributed by atoms with Crippen molar-refractivity contribution in [3.05, 3.63) is 18.2 Å². The lowest BCUT2D eigenvalue weighted by Crippen LogP contribution is -2.52. The van der Waals surface area contributed by atoms with Gasteiger partial charge in [-0.1, -0.05) is 19.8 Å². The number of ketones is 1. The molecule has 20 heavy (non-hydrogen) atoms. The Bertz CT molecular complexity index is 468. The SMILES string of the molecule is CCCn1ccnc1C(=O)C1CCC2CCCCC2N1. The molecule has 110 valence electrons. The zero-order valence-corrected chi connectivity index (χ0v) is 12.3. The lowest BCUT2D eigenvalue weighted by molar-refractivity contribution is 0.0846. The molecule has 2 heterocycles. The molecule has 1 aliphatic carbocycles. The number of carbonyl (C=O) groups excluding carboxylic acids is 1. The van der Waals surface area contributed by atoms with E-state index in [1.165, 1.54) is 32.1 Å². The van der Waals surface area contributed by atoms with E-state index in [1.807, 2.05) is 10.8 Å². The Labute approximate surface area is 121 Å². The number of hydrogen-bond donors (Lipinski definition) is 1. The lowest BCUT2D eigenvalue weighted by Gasteiger charge is -2.39. The molecule has 1 N–H and O–H groups in total. The van der Waals surface area contributed by atoms with Crippen LogP contribution in [0.5, 0.6) is 0 Å². The van der Waals surface area contributed by atoms with Crippen LogP contribution in [0.3, 0.4) is 0 Å². The van der Waals surface area contributed by atoms with Gasteiger partial charge < -0.3 is 9.88 Å². The molecule has 0 amide bonds. The highest BCUT2D eigenvalue weighted by Crippen LogP contribution is 2.32. The fourth-order valence-corrected chi connectivity index (χ4v) is 3.81. The predicted molar refractivity (Wildman–Crippen MR) is 78.8 cm³/mol. The average Bonchev–Trinajstić information content (AvgIpc) is 2.94. The maximum atomic E-state index is 12.7. The topological polar surface area (TPSA) is 46.9 Å². The monoisotopic (exact) mass is 275 g/mol. The fraction of sp³-hybridized carbons (Fsp3) is 0.750. The second kappa shape index (κ2) is 6.08. The summed E-state index contributed by atoms with van der Waals surface area (Å²) in [6.07, 6.45) is 12.1.